The van der Waals surface area contributed by atoms with Crippen molar-refractivity contribution in [1.29, 1.82) is 0 Å². The molecule has 3 rings (SSSR count). The number of carbonyl (C=O) groups excluding carboxylic acids is 1. The summed E-state index contributed by atoms with van der Waals surface area (Å²) in [5.74, 6) is -12.1. The third-order valence-electron chi connectivity index (χ3n) is 3.41. The van der Waals surface area contributed by atoms with Crippen LogP contribution in [0.25, 0.3) is 11.3 Å². The Morgan fingerprint density at radius 3 is 2.04 bits per heavy atom. The molecule has 0 unspecified atom stereocenters. The zero-order valence-electron chi connectivity index (χ0n) is 12.5. The maximum Gasteiger partial charge on any atom is 0.273 e. The Kier molecular flexibility index (Phi) is 4.64. The van der Waals surface area contributed by atoms with Crippen LogP contribution in [0.4, 0.5) is 27.6 Å². The van der Waals surface area contributed by atoms with E-state index in [1.807, 2.05) is 0 Å². The van der Waals surface area contributed by atoms with E-state index in [9.17, 15) is 26.7 Å². The van der Waals surface area contributed by atoms with E-state index in [1.54, 1.807) is 29.6 Å². The number of benzene rings is 2. The molecule has 0 radical (unpaired) electrons. The summed E-state index contributed by atoms with van der Waals surface area (Å²) in [5.41, 5.74) is -0.807. The molecule has 0 saturated carbocycles. The minimum Gasteiger partial charge on any atom is -0.316 e. The van der Waals surface area contributed by atoms with Gasteiger partial charge in [0.2, 0.25) is 5.82 Å². The molecule has 0 atom stereocenters. The van der Waals surface area contributed by atoms with Crippen molar-refractivity contribution in [2.45, 2.75) is 0 Å². The molecule has 134 valence electrons. The smallest absolute Gasteiger partial charge is 0.273 e. The lowest BCUT2D eigenvalue weighted by atomic mass is 10.1. The Morgan fingerprint density at radius 1 is 0.923 bits per heavy atom. The lowest BCUT2D eigenvalue weighted by Gasteiger charge is -2.08. The minimum absolute atomic E-state index is 0.251. The van der Waals surface area contributed by atoms with Crippen molar-refractivity contribution in [3.63, 3.8) is 0 Å². The van der Waals surface area contributed by atoms with Gasteiger partial charge in [-0.25, -0.2) is 22.0 Å². The third-order valence-corrected chi connectivity index (χ3v) is 3.66. The van der Waals surface area contributed by atoms with E-state index in [0.29, 0.717) is 16.3 Å². The predicted octanol–water partition coefficient (Wildman–Crippen LogP) is 4.68. The lowest BCUT2D eigenvalue weighted by molar-refractivity contribution is 0.102. The molecule has 0 bridgehead atoms. The van der Waals surface area contributed by atoms with Crippen LogP contribution in [-0.2, 0) is 0 Å². The van der Waals surface area contributed by atoms with Crippen molar-refractivity contribution in [3.8, 4) is 11.3 Å². The number of aromatic amines is 1. The molecule has 0 aliphatic heterocycles. The number of aromatic nitrogens is 2. The first-order valence-electron chi connectivity index (χ1n) is 6.93. The van der Waals surface area contributed by atoms with E-state index in [0.717, 1.165) is 0 Å². The monoisotopic (exact) mass is 387 g/mol. The standard InChI is InChI=1S/C16H7ClF5N3O/c17-7-3-1-6(2-4-7)8-5-9(25-24-8)16(26)23-15-13(21)11(19)10(18)12(20)14(15)22/h1-5H,(H,23,26)(H,24,25). The molecule has 1 heterocycles. The number of amides is 1. The molecule has 0 fully saturated rings. The van der Waals surface area contributed by atoms with Crippen molar-refractivity contribution in [2.24, 2.45) is 0 Å². The number of hydrogen-bond donors (Lipinski definition) is 2. The maximum absolute atomic E-state index is 13.6. The fourth-order valence-electron chi connectivity index (χ4n) is 2.10. The molecule has 3 aromatic rings. The van der Waals surface area contributed by atoms with Gasteiger partial charge in [-0.05, 0) is 18.2 Å². The molecule has 1 aromatic heterocycles. The summed E-state index contributed by atoms with van der Waals surface area (Å²) in [5, 5.41) is 8.29. The lowest BCUT2D eigenvalue weighted by Crippen LogP contribution is -2.17. The number of nitrogens with zero attached hydrogens (tertiary/aromatic N) is 1. The van der Waals surface area contributed by atoms with Gasteiger partial charge >= 0.3 is 0 Å². The van der Waals surface area contributed by atoms with Gasteiger partial charge in [0.15, 0.2) is 23.3 Å². The van der Waals surface area contributed by atoms with E-state index in [-0.39, 0.29) is 5.69 Å². The fourth-order valence-corrected chi connectivity index (χ4v) is 2.23. The largest absolute Gasteiger partial charge is 0.316 e. The summed E-state index contributed by atoms with van der Waals surface area (Å²) in [6.45, 7) is 0. The van der Waals surface area contributed by atoms with Gasteiger partial charge in [-0.2, -0.15) is 5.10 Å². The van der Waals surface area contributed by atoms with Gasteiger partial charge in [-0.1, -0.05) is 23.7 Å². The Bertz CT molecular complexity index is 975. The summed E-state index contributed by atoms with van der Waals surface area (Å²) < 4.78 is 66.6. The van der Waals surface area contributed by atoms with E-state index >= 15 is 0 Å². The Labute approximate surface area is 147 Å². The number of halogens is 6. The molecule has 10 heteroatoms. The second-order valence-corrected chi connectivity index (χ2v) is 5.51. The summed E-state index contributed by atoms with van der Waals surface area (Å²) in [4.78, 5) is 12.0. The quantitative estimate of drug-likeness (QED) is 0.389. The van der Waals surface area contributed by atoms with Gasteiger partial charge in [-0.15, -0.1) is 0 Å². The number of carbonyl (C=O) groups is 1. The van der Waals surface area contributed by atoms with Crippen LogP contribution in [0.1, 0.15) is 10.5 Å². The summed E-state index contributed by atoms with van der Waals surface area (Å²) in [7, 11) is 0. The highest BCUT2D eigenvalue weighted by Crippen LogP contribution is 2.28. The van der Waals surface area contributed by atoms with E-state index < -0.39 is 40.7 Å². The van der Waals surface area contributed by atoms with Crippen LogP contribution in [-0.4, -0.2) is 16.1 Å². The average molecular weight is 388 g/mol. The van der Waals surface area contributed by atoms with Gasteiger partial charge in [0, 0.05) is 10.6 Å². The van der Waals surface area contributed by atoms with Crippen molar-refractivity contribution < 1.29 is 26.7 Å². The van der Waals surface area contributed by atoms with Crippen LogP contribution in [0.5, 0.6) is 0 Å². The summed E-state index contributed by atoms with van der Waals surface area (Å²) >= 11 is 5.76. The molecule has 26 heavy (non-hydrogen) atoms. The topological polar surface area (TPSA) is 57.8 Å². The van der Waals surface area contributed by atoms with Gasteiger partial charge in [0.25, 0.3) is 5.91 Å². The number of nitrogens with one attached hydrogen (secondary N) is 2. The Hall–Kier alpha value is -2.94. The first-order chi connectivity index (χ1) is 12.3. The second kappa shape index (κ2) is 6.75. The zero-order valence-corrected chi connectivity index (χ0v) is 13.3. The second-order valence-electron chi connectivity index (χ2n) is 5.07. The fraction of sp³-hybridized carbons (Fsp3) is 0. The van der Waals surface area contributed by atoms with Crippen molar-refractivity contribution in [2.75, 3.05) is 5.32 Å². The van der Waals surface area contributed by atoms with Crippen molar-refractivity contribution >= 4 is 23.2 Å². The summed E-state index contributed by atoms with van der Waals surface area (Å²) in [6.07, 6.45) is 0. The van der Waals surface area contributed by atoms with Crippen molar-refractivity contribution in [1.82, 2.24) is 10.2 Å². The highest BCUT2D eigenvalue weighted by Gasteiger charge is 2.27. The summed E-state index contributed by atoms with van der Waals surface area (Å²) in [6, 6.07) is 7.64. The normalized spacial score (nSPS) is 10.8. The molecule has 0 aliphatic carbocycles. The molecule has 0 saturated heterocycles. The number of anilines is 1. The highest BCUT2D eigenvalue weighted by atomic mass is 35.5. The van der Waals surface area contributed by atoms with E-state index in [1.165, 1.54) is 6.07 Å². The van der Waals surface area contributed by atoms with Crippen LogP contribution in [0, 0.1) is 29.1 Å². The van der Waals surface area contributed by atoms with Gasteiger partial charge in [0.05, 0.1) is 5.69 Å². The maximum atomic E-state index is 13.6. The van der Waals surface area contributed by atoms with E-state index in [2.05, 4.69) is 10.2 Å². The van der Waals surface area contributed by atoms with Crippen LogP contribution < -0.4 is 5.32 Å². The predicted molar refractivity (Wildman–Crippen MR) is 83.2 cm³/mol. The number of hydrogen-bond acceptors (Lipinski definition) is 2. The molecule has 0 spiro atoms. The van der Waals surface area contributed by atoms with Crippen LogP contribution in [0.3, 0.4) is 0 Å². The van der Waals surface area contributed by atoms with Gasteiger partial charge in [0.1, 0.15) is 11.4 Å². The van der Waals surface area contributed by atoms with Crippen LogP contribution in [0.15, 0.2) is 30.3 Å². The molecule has 2 aromatic carbocycles. The average Bonchev–Trinajstić information content (AvgIpc) is 3.12. The van der Waals surface area contributed by atoms with Gasteiger partial charge in [-0.3, -0.25) is 9.89 Å². The SMILES string of the molecule is O=C(Nc1c(F)c(F)c(F)c(F)c1F)c1cc(-c2ccc(Cl)cc2)n[nH]1. The van der Waals surface area contributed by atoms with Crippen LogP contribution >= 0.6 is 11.6 Å². The minimum atomic E-state index is -2.32. The zero-order chi connectivity index (χ0) is 19.0. The van der Waals surface area contributed by atoms with Crippen LogP contribution in [0.2, 0.25) is 5.02 Å². The third kappa shape index (κ3) is 3.13. The molecular formula is C16H7ClF5N3O. The Morgan fingerprint density at radius 2 is 1.46 bits per heavy atom. The first-order valence-corrected chi connectivity index (χ1v) is 7.31. The highest BCUT2D eigenvalue weighted by molar-refractivity contribution is 6.30. The number of H-pyrrole nitrogens is 1. The molecule has 4 nitrogen and oxygen atoms in total. The van der Waals surface area contributed by atoms with E-state index in [4.69, 9.17) is 11.6 Å². The molecule has 0 aliphatic rings. The number of rotatable bonds is 3. The Balaban J connectivity index is 1.89. The molecule has 2 N–H and O–H groups in total. The van der Waals surface area contributed by atoms with Crippen molar-refractivity contribution in [3.05, 3.63) is 70.1 Å². The molecule has 1 amide bonds. The first kappa shape index (κ1) is 17.9. The molecular weight excluding hydrogens is 381 g/mol. The van der Waals surface area contributed by atoms with Gasteiger partial charge < -0.3 is 5.32 Å².